The van der Waals surface area contributed by atoms with Crippen molar-refractivity contribution in [1.82, 2.24) is 14.8 Å². The first-order valence-corrected chi connectivity index (χ1v) is 5.62. The van der Waals surface area contributed by atoms with Crippen LogP contribution in [-0.2, 0) is 13.2 Å². The fraction of sp³-hybridized carbons (Fsp3) is 0.222. The van der Waals surface area contributed by atoms with Crippen LogP contribution in [0, 0.1) is 0 Å². The first-order valence-electron chi connectivity index (χ1n) is 4.68. The molecular weight excluding hydrogens is 269 g/mol. The highest BCUT2D eigenvalue weighted by atomic mass is 32.1. The van der Waals surface area contributed by atoms with Crippen molar-refractivity contribution in [3.8, 4) is 0 Å². The number of hydrogen-bond donors (Lipinski definition) is 1. The van der Waals surface area contributed by atoms with Gasteiger partial charge in [0.25, 0.3) is 5.91 Å². The molecule has 2 aromatic rings. The molecule has 18 heavy (non-hydrogen) atoms. The molecular formula is C9H7F3N4OS. The molecule has 1 N–H and O–H groups in total. The minimum Gasteiger partial charge on any atom is -0.317 e. The third-order valence-electron chi connectivity index (χ3n) is 2.01. The van der Waals surface area contributed by atoms with Crippen molar-refractivity contribution in [2.45, 2.75) is 6.18 Å². The van der Waals surface area contributed by atoms with Gasteiger partial charge in [-0.25, -0.2) is 4.98 Å². The lowest BCUT2D eigenvalue weighted by Crippen LogP contribution is -2.16. The van der Waals surface area contributed by atoms with Gasteiger partial charge < -0.3 is 5.32 Å². The summed E-state index contributed by atoms with van der Waals surface area (Å²) >= 11 is 1.18. The van der Waals surface area contributed by atoms with Crippen LogP contribution in [0.25, 0.3) is 0 Å². The van der Waals surface area contributed by atoms with Crippen molar-refractivity contribution in [2.24, 2.45) is 7.05 Å². The zero-order chi connectivity index (χ0) is 13.3. The second kappa shape index (κ2) is 4.41. The predicted molar refractivity (Wildman–Crippen MR) is 58.3 cm³/mol. The molecule has 2 heterocycles. The molecule has 0 saturated carbocycles. The van der Waals surface area contributed by atoms with Crippen LogP contribution in [0.4, 0.5) is 18.9 Å². The number of nitrogens with zero attached hydrogens (tertiary/aromatic N) is 3. The van der Waals surface area contributed by atoms with Gasteiger partial charge in [0.1, 0.15) is 5.69 Å². The average Bonchev–Trinajstić information content (AvgIpc) is 2.85. The van der Waals surface area contributed by atoms with E-state index in [1.165, 1.54) is 29.3 Å². The van der Waals surface area contributed by atoms with E-state index in [0.717, 1.165) is 10.9 Å². The standard InChI is InChI=1S/C9H7F3N4OS/c1-16-2-5(7(15-16)9(10,11)12)14-8(17)6-3-18-4-13-6/h2-4H,1H3,(H,14,17). The SMILES string of the molecule is Cn1cc(NC(=O)c2cscn2)c(C(F)(F)F)n1. The monoisotopic (exact) mass is 276 g/mol. The molecule has 0 atom stereocenters. The molecule has 0 spiro atoms. The topological polar surface area (TPSA) is 59.8 Å². The number of nitrogens with one attached hydrogen (secondary N) is 1. The fourth-order valence-electron chi connectivity index (χ4n) is 1.30. The van der Waals surface area contributed by atoms with Gasteiger partial charge in [-0.05, 0) is 0 Å². The van der Waals surface area contributed by atoms with Gasteiger partial charge in [-0.3, -0.25) is 9.48 Å². The zero-order valence-electron chi connectivity index (χ0n) is 9.02. The molecule has 1 amide bonds. The lowest BCUT2D eigenvalue weighted by molar-refractivity contribution is -0.140. The first-order chi connectivity index (χ1) is 8.38. The Morgan fingerprint density at radius 2 is 2.22 bits per heavy atom. The second-order valence-electron chi connectivity index (χ2n) is 3.39. The largest absolute Gasteiger partial charge is 0.437 e. The summed E-state index contributed by atoms with van der Waals surface area (Å²) < 4.78 is 38.8. The molecule has 0 fully saturated rings. The number of carbonyl (C=O) groups is 1. The number of rotatable bonds is 2. The number of anilines is 1. The summed E-state index contributed by atoms with van der Waals surface area (Å²) in [5.74, 6) is -0.699. The fourth-order valence-corrected chi connectivity index (χ4v) is 1.83. The van der Waals surface area contributed by atoms with E-state index in [4.69, 9.17) is 0 Å². The van der Waals surface area contributed by atoms with E-state index in [1.807, 2.05) is 0 Å². The Labute approximate surface area is 103 Å². The molecule has 9 heteroatoms. The van der Waals surface area contributed by atoms with E-state index < -0.39 is 17.8 Å². The summed E-state index contributed by atoms with van der Waals surface area (Å²) in [5, 5.41) is 6.86. The number of thiazole rings is 1. The molecule has 0 bridgehead atoms. The van der Waals surface area contributed by atoms with Gasteiger partial charge >= 0.3 is 6.18 Å². The number of alkyl halides is 3. The summed E-state index contributed by atoms with van der Waals surface area (Å²) in [6, 6.07) is 0. The van der Waals surface area contributed by atoms with Crippen LogP contribution in [0.5, 0.6) is 0 Å². The van der Waals surface area contributed by atoms with Gasteiger partial charge in [-0.15, -0.1) is 11.3 Å². The van der Waals surface area contributed by atoms with Crippen molar-refractivity contribution in [2.75, 3.05) is 5.32 Å². The van der Waals surface area contributed by atoms with Crippen LogP contribution in [0.2, 0.25) is 0 Å². The minimum absolute atomic E-state index is 0.0666. The third-order valence-corrected chi connectivity index (χ3v) is 2.60. The van der Waals surface area contributed by atoms with E-state index in [9.17, 15) is 18.0 Å². The summed E-state index contributed by atoms with van der Waals surface area (Å²) in [5.41, 5.74) is -0.0309. The normalized spacial score (nSPS) is 11.6. The molecule has 2 rings (SSSR count). The Bertz CT molecular complexity index is 561. The predicted octanol–water partition coefficient (Wildman–Crippen LogP) is 2.15. The van der Waals surface area contributed by atoms with Gasteiger partial charge in [0, 0.05) is 18.6 Å². The van der Waals surface area contributed by atoms with E-state index in [1.54, 1.807) is 0 Å². The van der Waals surface area contributed by atoms with Crippen molar-refractivity contribution in [3.63, 3.8) is 0 Å². The smallest absolute Gasteiger partial charge is 0.317 e. The summed E-state index contributed by atoms with van der Waals surface area (Å²) in [6.45, 7) is 0. The van der Waals surface area contributed by atoms with E-state index in [-0.39, 0.29) is 11.4 Å². The number of aromatic nitrogens is 3. The van der Waals surface area contributed by atoms with Crippen LogP contribution in [0.15, 0.2) is 17.1 Å². The first kappa shape index (κ1) is 12.6. The van der Waals surface area contributed by atoms with Gasteiger partial charge in [0.05, 0.1) is 11.2 Å². The van der Waals surface area contributed by atoms with E-state index in [0.29, 0.717) is 0 Å². The highest BCUT2D eigenvalue weighted by Gasteiger charge is 2.37. The summed E-state index contributed by atoms with van der Waals surface area (Å²) in [6.07, 6.45) is -3.53. The molecule has 0 aliphatic carbocycles. The quantitative estimate of drug-likeness (QED) is 0.914. The molecule has 0 radical (unpaired) electrons. The molecule has 0 aliphatic heterocycles. The van der Waals surface area contributed by atoms with Crippen molar-refractivity contribution in [3.05, 3.63) is 28.5 Å². The molecule has 0 aliphatic rings. The molecule has 5 nitrogen and oxygen atoms in total. The zero-order valence-corrected chi connectivity index (χ0v) is 9.84. The summed E-state index contributed by atoms with van der Waals surface area (Å²) in [7, 11) is 1.34. The van der Waals surface area contributed by atoms with Crippen LogP contribution in [0.1, 0.15) is 16.2 Å². The van der Waals surface area contributed by atoms with Crippen LogP contribution < -0.4 is 5.32 Å². The Morgan fingerprint density at radius 1 is 1.50 bits per heavy atom. The third kappa shape index (κ3) is 2.50. The number of halogens is 3. The highest BCUT2D eigenvalue weighted by Crippen LogP contribution is 2.33. The van der Waals surface area contributed by atoms with Crippen molar-refractivity contribution < 1.29 is 18.0 Å². The van der Waals surface area contributed by atoms with Crippen molar-refractivity contribution >= 4 is 22.9 Å². The number of hydrogen-bond acceptors (Lipinski definition) is 4. The molecule has 2 aromatic heterocycles. The molecule has 0 saturated heterocycles. The lowest BCUT2D eigenvalue weighted by atomic mass is 10.3. The maximum Gasteiger partial charge on any atom is 0.437 e. The van der Waals surface area contributed by atoms with Crippen LogP contribution in [-0.4, -0.2) is 20.7 Å². The molecule has 0 unspecified atom stereocenters. The number of amides is 1. The lowest BCUT2D eigenvalue weighted by Gasteiger charge is -2.06. The number of carbonyl (C=O) groups excluding carboxylic acids is 1. The highest BCUT2D eigenvalue weighted by molar-refractivity contribution is 7.07. The van der Waals surface area contributed by atoms with E-state index in [2.05, 4.69) is 15.4 Å². The summed E-state index contributed by atoms with van der Waals surface area (Å²) in [4.78, 5) is 15.3. The average molecular weight is 276 g/mol. The molecule has 96 valence electrons. The van der Waals surface area contributed by atoms with Crippen molar-refractivity contribution in [1.29, 1.82) is 0 Å². The second-order valence-corrected chi connectivity index (χ2v) is 4.11. The Morgan fingerprint density at radius 3 is 2.78 bits per heavy atom. The number of aryl methyl sites for hydroxylation is 1. The van der Waals surface area contributed by atoms with Gasteiger partial charge in [-0.1, -0.05) is 0 Å². The van der Waals surface area contributed by atoms with Gasteiger partial charge in [0.2, 0.25) is 0 Å². The minimum atomic E-state index is -4.62. The van der Waals surface area contributed by atoms with Gasteiger partial charge in [-0.2, -0.15) is 18.3 Å². The van der Waals surface area contributed by atoms with Gasteiger partial charge in [0.15, 0.2) is 5.69 Å². The van der Waals surface area contributed by atoms with Crippen LogP contribution >= 0.6 is 11.3 Å². The maximum atomic E-state index is 12.6. The van der Waals surface area contributed by atoms with Crippen LogP contribution in [0.3, 0.4) is 0 Å². The Kier molecular flexibility index (Phi) is 3.07. The molecule has 0 aromatic carbocycles. The maximum absolute atomic E-state index is 12.6. The Hall–Kier alpha value is -1.90. The Balaban J connectivity index is 2.27. The van der Waals surface area contributed by atoms with E-state index >= 15 is 0 Å².